The smallest absolute Gasteiger partial charge is 0.261 e. The minimum Gasteiger partial charge on any atom is -0.334 e. The summed E-state index contributed by atoms with van der Waals surface area (Å²) in [5, 5.41) is 4.36. The third kappa shape index (κ3) is 2.84. The Kier molecular flexibility index (Phi) is 4.01. The van der Waals surface area contributed by atoms with Crippen molar-refractivity contribution < 1.29 is 4.52 Å². The Bertz CT molecular complexity index is 954. The van der Waals surface area contributed by atoms with Crippen molar-refractivity contribution in [1.29, 1.82) is 0 Å². The topological polar surface area (TPSA) is 67.9 Å². The van der Waals surface area contributed by atoms with Crippen LogP contribution in [0, 0.1) is 13.8 Å². The van der Waals surface area contributed by atoms with Crippen LogP contribution in [0.2, 0.25) is 0 Å². The number of aromatic nitrogens is 4. The lowest BCUT2D eigenvalue weighted by atomic mass is 9.94. The van der Waals surface area contributed by atoms with Crippen LogP contribution in [0.1, 0.15) is 54.1 Å². The van der Waals surface area contributed by atoms with Crippen molar-refractivity contribution in [2.75, 3.05) is 6.54 Å². The quantitative estimate of drug-likeness (QED) is 0.706. The van der Waals surface area contributed by atoms with Gasteiger partial charge in [-0.15, -0.1) is 0 Å². The van der Waals surface area contributed by atoms with Crippen LogP contribution < -0.4 is 0 Å². The van der Waals surface area contributed by atoms with E-state index in [2.05, 4.69) is 50.4 Å². The molecule has 2 saturated heterocycles. The maximum atomic E-state index is 5.61. The molecule has 0 aliphatic carbocycles. The van der Waals surface area contributed by atoms with Gasteiger partial charge in [-0.05, 0) is 45.2 Å². The van der Waals surface area contributed by atoms with Crippen LogP contribution in [0.5, 0.6) is 0 Å². The zero-order valence-electron chi connectivity index (χ0n) is 15.7. The van der Waals surface area contributed by atoms with Gasteiger partial charge in [0.25, 0.3) is 5.89 Å². The fourth-order valence-corrected chi connectivity index (χ4v) is 4.74. The minimum absolute atomic E-state index is 0.307. The monoisotopic (exact) mass is 361 g/mol. The van der Waals surface area contributed by atoms with Crippen molar-refractivity contribution >= 4 is 0 Å². The molecule has 0 radical (unpaired) electrons. The molecule has 2 aromatic heterocycles. The van der Waals surface area contributed by atoms with Crippen molar-refractivity contribution in [2.45, 2.75) is 51.1 Å². The molecule has 0 amide bonds. The first-order valence-electron chi connectivity index (χ1n) is 9.65. The van der Waals surface area contributed by atoms with Gasteiger partial charge >= 0.3 is 0 Å². The van der Waals surface area contributed by atoms with Crippen molar-refractivity contribution in [3.05, 3.63) is 59.4 Å². The van der Waals surface area contributed by atoms with Gasteiger partial charge in [0.15, 0.2) is 5.82 Å². The Morgan fingerprint density at radius 1 is 1.11 bits per heavy atom. The van der Waals surface area contributed by atoms with Crippen LogP contribution in [0.25, 0.3) is 11.5 Å². The van der Waals surface area contributed by atoms with Gasteiger partial charge in [-0.3, -0.25) is 4.90 Å². The van der Waals surface area contributed by atoms with Gasteiger partial charge in [0.05, 0.1) is 11.3 Å². The van der Waals surface area contributed by atoms with E-state index in [1.807, 2.05) is 13.8 Å². The van der Waals surface area contributed by atoms with Crippen molar-refractivity contribution in [2.24, 2.45) is 0 Å². The molecule has 4 heterocycles. The van der Waals surface area contributed by atoms with Crippen LogP contribution in [0.3, 0.4) is 0 Å². The van der Waals surface area contributed by atoms with E-state index < -0.39 is 0 Å². The molecule has 138 valence electrons. The van der Waals surface area contributed by atoms with Gasteiger partial charge in [-0.1, -0.05) is 35.5 Å². The summed E-state index contributed by atoms with van der Waals surface area (Å²) in [5.74, 6) is 2.40. The second-order valence-corrected chi connectivity index (χ2v) is 7.59. The number of nitrogens with zero attached hydrogens (tertiary/aromatic N) is 5. The van der Waals surface area contributed by atoms with Crippen LogP contribution in [-0.2, 0) is 0 Å². The van der Waals surface area contributed by atoms with Crippen molar-refractivity contribution in [1.82, 2.24) is 25.0 Å². The van der Waals surface area contributed by atoms with E-state index in [1.165, 1.54) is 18.4 Å². The lowest BCUT2D eigenvalue weighted by molar-refractivity contribution is 0.243. The number of aryl methyl sites for hydroxylation is 2. The molecule has 0 saturated carbocycles. The molecular formula is C21H23N5O. The van der Waals surface area contributed by atoms with E-state index in [9.17, 15) is 0 Å². The van der Waals surface area contributed by atoms with E-state index in [1.54, 1.807) is 6.20 Å². The van der Waals surface area contributed by atoms with E-state index in [0.29, 0.717) is 23.9 Å². The second-order valence-electron chi connectivity index (χ2n) is 7.59. The summed E-state index contributed by atoms with van der Waals surface area (Å²) >= 11 is 0. The normalized spacial score (nSPS) is 25.0. The summed E-state index contributed by atoms with van der Waals surface area (Å²) in [5.41, 5.74) is 3.08. The molecule has 0 spiro atoms. The summed E-state index contributed by atoms with van der Waals surface area (Å²) in [6.07, 6.45) is 5.25. The average molecular weight is 361 g/mol. The Morgan fingerprint density at radius 2 is 1.96 bits per heavy atom. The van der Waals surface area contributed by atoms with Crippen LogP contribution in [0.4, 0.5) is 0 Å². The third-order valence-electron chi connectivity index (χ3n) is 5.97. The molecule has 5 rings (SSSR count). The molecule has 3 atom stereocenters. The number of rotatable bonds is 3. The highest BCUT2D eigenvalue weighted by Gasteiger charge is 2.46. The SMILES string of the molecule is Cc1ncc(-c2nc([C@@H]3C[C@H](c4ccccc4)N4CCC[C@@H]34)no2)c(C)n1. The Balaban J connectivity index is 1.46. The Morgan fingerprint density at radius 3 is 2.78 bits per heavy atom. The number of benzene rings is 1. The highest BCUT2D eigenvalue weighted by atomic mass is 16.5. The van der Waals surface area contributed by atoms with E-state index in [4.69, 9.17) is 9.51 Å². The molecule has 6 nitrogen and oxygen atoms in total. The maximum Gasteiger partial charge on any atom is 0.261 e. The van der Waals surface area contributed by atoms with E-state index >= 15 is 0 Å². The molecule has 0 unspecified atom stereocenters. The molecule has 3 aromatic rings. The standard InChI is InChI=1S/C21H23N5O/c1-13-17(12-22-14(2)23-13)21-24-20(25-27-21)16-11-19(15-7-4-3-5-8-15)26-10-6-9-18(16)26/h3-5,7-8,12,16,18-19H,6,9-11H2,1-2H3/t16-,18+,19-/m1/s1. The van der Waals surface area contributed by atoms with Crippen molar-refractivity contribution in [3.63, 3.8) is 0 Å². The Labute approximate surface area is 158 Å². The summed E-state index contributed by atoms with van der Waals surface area (Å²) in [7, 11) is 0. The predicted octanol–water partition coefficient (Wildman–Crippen LogP) is 3.84. The van der Waals surface area contributed by atoms with Gasteiger partial charge in [0, 0.05) is 24.2 Å². The maximum absolute atomic E-state index is 5.61. The average Bonchev–Trinajstić information content (AvgIpc) is 3.39. The fraction of sp³-hybridized carbons (Fsp3) is 0.429. The summed E-state index contributed by atoms with van der Waals surface area (Å²) in [6, 6.07) is 11.7. The molecule has 0 bridgehead atoms. The van der Waals surface area contributed by atoms with Gasteiger partial charge in [0.2, 0.25) is 0 Å². The Hall–Kier alpha value is -2.60. The molecule has 2 aliphatic rings. The molecule has 2 fully saturated rings. The second kappa shape index (κ2) is 6.53. The van der Waals surface area contributed by atoms with Gasteiger partial charge in [-0.25, -0.2) is 9.97 Å². The predicted molar refractivity (Wildman–Crippen MR) is 101 cm³/mol. The largest absolute Gasteiger partial charge is 0.334 e. The molecule has 1 aromatic carbocycles. The lowest BCUT2D eigenvalue weighted by Crippen LogP contribution is -2.27. The molecule has 27 heavy (non-hydrogen) atoms. The summed E-state index contributed by atoms with van der Waals surface area (Å²) in [6.45, 7) is 4.98. The van der Waals surface area contributed by atoms with Gasteiger partial charge in [0.1, 0.15) is 5.82 Å². The van der Waals surface area contributed by atoms with E-state index in [0.717, 1.165) is 35.9 Å². The van der Waals surface area contributed by atoms with Crippen LogP contribution >= 0.6 is 0 Å². The third-order valence-corrected chi connectivity index (χ3v) is 5.97. The van der Waals surface area contributed by atoms with Gasteiger partial charge < -0.3 is 4.52 Å². The molecular weight excluding hydrogens is 338 g/mol. The van der Waals surface area contributed by atoms with Crippen LogP contribution in [-0.4, -0.2) is 37.6 Å². The molecule has 6 heteroatoms. The highest BCUT2D eigenvalue weighted by molar-refractivity contribution is 5.54. The summed E-state index contributed by atoms with van der Waals surface area (Å²) < 4.78 is 5.61. The van der Waals surface area contributed by atoms with Crippen molar-refractivity contribution in [3.8, 4) is 11.5 Å². The first-order valence-corrected chi connectivity index (χ1v) is 9.65. The number of hydrogen-bond acceptors (Lipinski definition) is 6. The first-order chi connectivity index (χ1) is 13.2. The number of fused-ring (bicyclic) bond motifs is 1. The van der Waals surface area contributed by atoms with Crippen LogP contribution in [0.15, 0.2) is 41.1 Å². The molecule has 0 N–H and O–H groups in total. The number of hydrogen-bond donors (Lipinski definition) is 0. The first kappa shape index (κ1) is 16.6. The zero-order chi connectivity index (χ0) is 18.4. The minimum atomic E-state index is 0.307. The molecule has 2 aliphatic heterocycles. The highest BCUT2D eigenvalue weighted by Crippen LogP contribution is 2.48. The van der Waals surface area contributed by atoms with Gasteiger partial charge in [-0.2, -0.15) is 4.98 Å². The zero-order valence-corrected chi connectivity index (χ0v) is 15.7. The van der Waals surface area contributed by atoms with E-state index in [-0.39, 0.29) is 0 Å². The lowest BCUT2D eigenvalue weighted by Gasteiger charge is -2.24. The summed E-state index contributed by atoms with van der Waals surface area (Å²) in [4.78, 5) is 16.1. The fourth-order valence-electron chi connectivity index (χ4n) is 4.74.